The molecule has 2 N–H and O–H groups in total. The van der Waals surface area contributed by atoms with Crippen molar-refractivity contribution in [2.75, 3.05) is 32.7 Å². The molecule has 1 atom stereocenters. The smallest absolute Gasteiger partial charge is 0.323 e. The van der Waals surface area contributed by atoms with Gasteiger partial charge in [-0.05, 0) is 25.9 Å². The average molecular weight is 269 g/mol. The van der Waals surface area contributed by atoms with E-state index in [9.17, 15) is 9.59 Å². The quantitative estimate of drug-likeness (QED) is 0.698. The summed E-state index contributed by atoms with van der Waals surface area (Å²) in [6.07, 6.45) is 3.53. The number of aliphatic carboxylic acids is 1. The van der Waals surface area contributed by atoms with Gasteiger partial charge in [-0.1, -0.05) is 13.0 Å². The van der Waals surface area contributed by atoms with Crippen LogP contribution in [0.15, 0.2) is 12.7 Å². The second kappa shape index (κ2) is 7.78. The second-order valence-corrected chi connectivity index (χ2v) is 4.74. The average Bonchev–Trinajstić information content (AvgIpc) is 2.38. The molecule has 0 aliphatic carbocycles. The lowest BCUT2D eigenvalue weighted by molar-refractivity contribution is -0.137. The SMILES string of the molecule is C=CCN(CC(=O)O)C(=O)NC1CCCN(CC)C1. The Balaban J connectivity index is 2.50. The van der Waals surface area contributed by atoms with Crippen LogP contribution in [-0.2, 0) is 4.79 Å². The summed E-state index contributed by atoms with van der Waals surface area (Å²) in [5.41, 5.74) is 0. The van der Waals surface area contributed by atoms with Crippen LogP contribution >= 0.6 is 0 Å². The molecule has 1 heterocycles. The number of urea groups is 1. The zero-order chi connectivity index (χ0) is 14.3. The van der Waals surface area contributed by atoms with Gasteiger partial charge < -0.3 is 20.2 Å². The molecule has 0 aromatic heterocycles. The molecule has 0 spiro atoms. The Labute approximate surface area is 114 Å². The van der Waals surface area contributed by atoms with E-state index in [1.165, 1.54) is 11.0 Å². The number of carbonyl (C=O) groups excluding carboxylic acids is 1. The minimum absolute atomic E-state index is 0.0994. The van der Waals surface area contributed by atoms with Gasteiger partial charge in [-0.2, -0.15) is 0 Å². The molecule has 1 fully saturated rings. The molecular weight excluding hydrogens is 246 g/mol. The monoisotopic (exact) mass is 269 g/mol. The Morgan fingerprint density at radius 1 is 1.58 bits per heavy atom. The highest BCUT2D eigenvalue weighted by Gasteiger charge is 2.23. The van der Waals surface area contributed by atoms with Crippen molar-refractivity contribution >= 4 is 12.0 Å². The highest BCUT2D eigenvalue weighted by Crippen LogP contribution is 2.09. The van der Waals surface area contributed by atoms with Crippen molar-refractivity contribution in [1.29, 1.82) is 0 Å². The highest BCUT2D eigenvalue weighted by atomic mass is 16.4. The molecule has 1 saturated heterocycles. The van der Waals surface area contributed by atoms with Crippen LogP contribution in [0.25, 0.3) is 0 Å². The van der Waals surface area contributed by atoms with E-state index < -0.39 is 5.97 Å². The molecule has 0 bridgehead atoms. The largest absolute Gasteiger partial charge is 0.480 e. The first-order chi connectivity index (χ1) is 9.06. The maximum atomic E-state index is 12.0. The molecule has 0 saturated carbocycles. The standard InChI is InChI=1S/C13H23N3O3/c1-3-7-16(10-12(17)18)13(19)14-11-6-5-8-15(4-2)9-11/h3,11H,1,4-10H2,2H3,(H,14,19)(H,17,18). The van der Waals surface area contributed by atoms with Crippen molar-refractivity contribution in [3.63, 3.8) is 0 Å². The lowest BCUT2D eigenvalue weighted by Crippen LogP contribution is -2.52. The number of likely N-dealkylation sites (tertiary alicyclic amines) is 1. The lowest BCUT2D eigenvalue weighted by atomic mass is 10.1. The summed E-state index contributed by atoms with van der Waals surface area (Å²) < 4.78 is 0. The van der Waals surface area contributed by atoms with Crippen LogP contribution < -0.4 is 5.32 Å². The van der Waals surface area contributed by atoms with Crippen LogP contribution in [0.3, 0.4) is 0 Å². The summed E-state index contributed by atoms with van der Waals surface area (Å²) in [6.45, 7) is 8.43. The third-order valence-electron chi connectivity index (χ3n) is 3.24. The zero-order valence-corrected chi connectivity index (χ0v) is 11.5. The molecule has 0 aromatic rings. The molecule has 1 aliphatic rings. The van der Waals surface area contributed by atoms with Crippen LogP contribution in [0.5, 0.6) is 0 Å². The van der Waals surface area contributed by atoms with Crippen LogP contribution in [0.1, 0.15) is 19.8 Å². The summed E-state index contributed by atoms with van der Waals surface area (Å²) in [5, 5.41) is 11.7. The predicted molar refractivity (Wildman–Crippen MR) is 73.1 cm³/mol. The number of hydrogen-bond acceptors (Lipinski definition) is 3. The van der Waals surface area contributed by atoms with E-state index in [-0.39, 0.29) is 25.2 Å². The van der Waals surface area contributed by atoms with Gasteiger partial charge in [0.05, 0.1) is 0 Å². The van der Waals surface area contributed by atoms with Gasteiger partial charge >= 0.3 is 12.0 Å². The Morgan fingerprint density at radius 2 is 2.32 bits per heavy atom. The van der Waals surface area contributed by atoms with E-state index in [0.717, 1.165) is 32.5 Å². The molecule has 6 heteroatoms. The summed E-state index contributed by atoms with van der Waals surface area (Å²) >= 11 is 0. The Bertz CT molecular complexity index is 333. The summed E-state index contributed by atoms with van der Waals surface area (Å²) in [5.74, 6) is -1.02. The van der Waals surface area contributed by atoms with E-state index >= 15 is 0 Å². The Hall–Kier alpha value is -1.56. The fraction of sp³-hybridized carbons (Fsp3) is 0.692. The van der Waals surface area contributed by atoms with E-state index in [2.05, 4.69) is 23.7 Å². The van der Waals surface area contributed by atoms with Crippen LogP contribution in [0, 0.1) is 0 Å². The van der Waals surface area contributed by atoms with Crippen molar-refractivity contribution in [3.05, 3.63) is 12.7 Å². The first-order valence-corrected chi connectivity index (χ1v) is 6.67. The van der Waals surface area contributed by atoms with Gasteiger partial charge in [0.15, 0.2) is 0 Å². The van der Waals surface area contributed by atoms with Crippen LogP contribution in [0.4, 0.5) is 4.79 Å². The number of amides is 2. The lowest BCUT2D eigenvalue weighted by Gasteiger charge is -2.33. The van der Waals surface area contributed by atoms with Gasteiger partial charge in [-0.15, -0.1) is 6.58 Å². The molecule has 1 unspecified atom stereocenters. The minimum atomic E-state index is -1.02. The summed E-state index contributed by atoms with van der Waals surface area (Å²) in [7, 11) is 0. The Morgan fingerprint density at radius 3 is 2.89 bits per heavy atom. The van der Waals surface area contributed by atoms with E-state index in [1.54, 1.807) is 0 Å². The second-order valence-electron chi connectivity index (χ2n) is 4.74. The van der Waals surface area contributed by atoms with Gasteiger partial charge in [-0.25, -0.2) is 4.79 Å². The number of nitrogens with one attached hydrogen (secondary N) is 1. The van der Waals surface area contributed by atoms with Gasteiger partial charge in [0.25, 0.3) is 0 Å². The van der Waals surface area contributed by atoms with E-state index in [1.807, 2.05) is 0 Å². The number of carbonyl (C=O) groups is 2. The number of rotatable bonds is 6. The number of hydrogen-bond donors (Lipinski definition) is 2. The van der Waals surface area contributed by atoms with E-state index in [0.29, 0.717) is 0 Å². The molecule has 108 valence electrons. The first-order valence-electron chi connectivity index (χ1n) is 6.67. The van der Waals surface area contributed by atoms with Crippen LogP contribution in [0.2, 0.25) is 0 Å². The van der Waals surface area contributed by atoms with Gasteiger partial charge in [0.1, 0.15) is 6.54 Å². The topological polar surface area (TPSA) is 72.9 Å². The van der Waals surface area contributed by atoms with Crippen LogP contribution in [-0.4, -0.2) is 65.7 Å². The van der Waals surface area contributed by atoms with Gasteiger partial charge in [0.2, 0.25) is 0 Å². The van der Waals surface area contributed by atoms with E-state index in [4.69, 9.17) is 5.11 Å². The van der Waals surface area contributed by atoms with Crippen molar-refractivity contribution in [2.24, 2.45) is 0 Å². The number of carboxylic acid groups (broad SMARTS) is 1. The van der Waals surface area contributed by atoms with Gasteiger partial charge in [0, 0.05) is 19.1 Å². The van der Waals surface area contributed by atoms with Crippen molar-refractivity contribution in [2.45, 2.75) is 25.8 Å². The fourth-order valence-electron chi connectivity index (χ4n) is 2.26. The maximum Gasteiger partial charge on any atom is 0.323 e. The van der Waals surface area contributed by atoms with Gasteiger partial charge in [-0.3, -0.25) is 4.79 Å². The third-order valence-corrected chi connectivity index (χ3v) is 3.24. The minimum Gasteiger partial charge on any atom is -0.480 e. The number of nitrogens with zero attached hydrogens (tertiary/aromatic N) is 2. The number of carboxylic acids is 1. The maximum absolute atomic E-state index is 12.0. The van der Waals surface area contributed by atoms with Crippen molar-refractivity contribution in [1.82, 2.24) is 15.1 Å². The molecule has 1 aliphatic heterocycles. The molecule has 6 nitrogen and oxygen atoms in total. The zero-order valence-electron chi connectivity index (χ0n) is 11.5. The fourth-order valence-corrected chi connectivity index (χ4v) is 2.26. The predicted octanol–water partition coefficient (Wildman–Crippen LogP) is 0.753. The normalized spacial score (nSPS) is 19.7. The highest BCUT2D eigenvalue weighted by molar-refractivity contribution is 5.80. The van der Waals surface area contributed by atoms with Crippen molar-refractivity contribution < 1.29 is 14.7 Å². The summed E-state index contributed by atoms with van der Waals surface area (Å²) in [6, 6.07) is -0.229. The molecule has 19 heavy (non-hydrogen) atoms. The number of piperidine rings is 1. The Kier molecular flexibility index (Phi) is 6.35. The molecule has 0 radical (unpaired) electrons. The molecule has 1 rings (SSSR count). The molecule has 0 aromatic carbocycles. The van der Waals surface area contributed by atoms with Crippen molar-refractivity contribution in [3.8, 4) is 0 Å². The number of likely N-dealkylation sites (N-methyl/N-ethyl adjacent to an activating group) is 1. The molecular formula is C13H23N3O3. The summed E-state index contributed by atoms with van der Waals surface area (Å²) in [4.78, 5) is 26.3. The molecule has 2 amide bonds. The third kappa shape index (κ3) is 5.30. The first kappa shape index (κ1) is 15.5.